The summed E-state index contributed by atoms with van der Waals surface area (Å²) >= 11 is 0. The fourth-order valence-corrected chi connectivity index (χ4v) is 3.20. The standard InChI is InChI=1S/C11H24O6S2/c1-10(6-8-18(12,13)14)4-3-5-11(2)7-9-19(15,16)17/h10-11H,3-9H2,1-2H3,(H,12,13,14)(H,15,16,17). The maximum Gasteiger partial charge on any atom is 0.264 e. The van der Waals surface area contributed by atoms with E-state index in [0.29, 0.717) is 12.8 Å². The second-order valence-electron chi connectivity index (χ2n) is 5.29. The molecule has 0 amide bonds. The van der Waals surface area contributed by atoms with Crippen molar-refractivity contribution in [2.45, 2.75) is 46.0 Å². The average Bonchev–Trinajstić information content (AvgIpc) is 2.22. The lowest BCUT2D eigenvalue weighted by molar-refractivity contribution is 0.415. The first kappa shape index (κ1) is 18.8. The Balaban J connectivity index is 3.72. The third-order valence-electron chi connectivity index (χ3n) is 3.13. The summed E-state index contributed by atoms with van der Waals surface area (Å²) in [6.45, 7) is 3.85. The zero-order chi connectivity index (χ0) is 15.1. The van der Waals surface area contributed by atoms with Crippen LogP contribution in [-0.4, -0.2) is 37.4 Å². The van der Waals surface area contributed by atoms with E-state index in [9.17, 15) is 16.8 Å². The maximum absolute atomic E-state index is 10.6. The highest BCUT2D eigenvalue weighted by Crippen LogP contribution is 2.18. The summed E-state index contributed by atoms with van der Waals surface area (Å²) in [6.07, 6.45) is 3.41. The Morgan fingerprint density at radius 1 is 0.737 bits per heavy atom. The molecule has 2 unspecified atom stereocenters. The van der Waals surface area contributed by atoms with Gasteiger partial charge in [-0.3, -0.25) is 9.11 Å². The van der Waals surface area contributed by atoms with Gasteiger partial charge in [-0.15, -0.1) is 0 Å². The van der Waals surface area contributed by atoms with Gasteiger partial charge in [0.25, 0.3) is 20.2 Å². The molecule has 0 aromatic carbocycles. The average molecular weight is 316 g/mol. The van der Waals surface area contributed by atoms with Crippen LogP contribution in [0.2, 0.25) is 0 Å². The van der Waals surface area contributed by atoms with E-state index in [0.717, 1.165) is 19.3 Å². The molecule has 8 heteroatoms. The van der Waals surface area contributed by atoms with E-state index in [4.69, 9.17) is 9.11 Å². The summed E-state index contributed by atoms with van der Waals surface area (Å²) in [5.41, 5.74) is 0. The highest BCUT2D eigenvalue weighted by Gasteiger charge is 2.12. The van der Waals surface area contributed by atoms with Crippen LogP contribution in [0.5, 0.6) is 0 Å². The van der Waals surface area contributed by atoms with Gasteiger partial charge in [0.2, 0.25) is 0 Å². The van der Waals surface area contributed by atoms with Crippen LogP contribution < -0.4 is 0 Å². The van der Waals surface area contributed by atoms with Crippen molar-refractivity contribution in [3.05, 3.63) is 0 Å². The molecule has 2 N–H and O–H groups in total. The highest BCUT2D eigenvalue weighted by atomic mass is 32.2. The molecule has 6 nitrogen and oxygen atoms in total. The van der Waals surface area contributed by atoms with Crippen molar-refractivity contribution in [3.63, 3.8) is 0 Å². The van der Waals surface area contributed by atoms with Crippen LogP contribution in [0.1, 0.15) is 46.0 Å². The SMILES string of the molecule is CC(CCCC(C)CCS(=O)(=O)O)CCS(=O)(=O)O. The fourth-order valence-electron chi connectivity index (χ4n) is 1.80. The van der Waals surface area contributed by atoms with Gasteiger partial charge >= 0.3 is 0 Å². The van der Waals surface area contributed by atoms with Gasteiger partial charge < -0.3 is 0 Å². The zero-order valence-corrected chi connectivity index (χ0v) is 13.1. The molecular formula is C11H24O6S2. The van der Waals surface area contributed by atoms with E-state index < -0.39 is 20.2 Å². The van der Waals surface area contributed by atoms with Crippen molar-refractivity contribution in [1.82, 2.24) is 0 Å². The Bertz CT molecular complexity index is 398. The van der Waals surface area contributed by atoms with Crippen molar-refractivity contribution < 1.29 is 25.9 Å². The first-order valence-corrected chi connectivity index (χ1v) is 9.62. The number of hydrogen-bond donors (Lipinski definition) is 2. The predicted molar refractivity (Wildman–Crippen MR) is 74.2 cm³/mol. The van der Waals surface area contributed by atoms with Crippen LogP contribution in [0.4, 0.5) is 0 Å². The molecule has 0 aliphatic rings. The molecule has 0 heterocycles. The minimum Gasteiger partial charge on any atom is -0.286 e. The largest absolute Gasteiger partial charge is 0.286 e. The Labute approximate surface area is 116 Å². The van der Waals surface area contributed by atoms with Gasteiger partial charge in [0.15, 0.2) is 0 Å². The quantitative estimate of drug-likeness (QED) is 0.597. The molecule has 0 aromatic heterocycles. The lowest BCUT2D eigenvalue weighted by Gasteiger charge is -2.13. The van der Waals surface area contributed by atoms with Crippen LogP contribution in [0, 0.1) is 11.8 Å². The second-order valence-corrected chi connectivity index (χ2v) is 8.43. The van der Waals surface area contributed by atoms with Crippen LogP contribution in [0.3, 0.4) is 0 Å². The maximum atomic E-state index is 10.6. The molecule has 0 bridgehead atoms. The second kappa shape index (κ2) is 8.18. The topological polar surface area (TPSA) is 109 Å². The Morgan fingerprint density at radius 2 is 1.05 bits per heavy atom. The predicted octanol–water partition coefficient (Wildman–Crippen LogP) is 1.98. The molecule has 0 radical (unpaired) electrons. The van der Waals surface area contributed by atoms with E-state index >= 15 is 0 Å². The third kappa shape index (κ3) is 14.0. The molecule has 0 aromatic rings. The number of rotatable bonds is 10. The summed E-state index contributed by atoms with van der Waals surface area (Å²) < 4.78 is 59.5. The van der Waals surface area contributed by atoms with E-state index in [2.05, 4.69) is 0 Å². The van der Waals surface area contributed by atoms with Crippen molar-refractivity contribution in [2.75, 3.05) is 11.5 Å². The van der Waals surface area contributed by atoms with Gasteiger partial charge in [0, 0.05) is 0 Å². The van der Waals surface area contributed by atoms with Crippen LogP contribution >= 0.6 is 0 Å². The smallest absolute Gasteiger partial charge is 0.264 e. The lowest BCUT2D eigenvalue weighted by Crippen LogP contribution is -2.10. The van der Waals surface area contributed by atoms with Gasteiger partial charge in [-0.2, -0.15) is 16.8 Å². The summed E-state index contributed by atoms with van der Waals surface area (Å²) in [4.78, 5) is 0. The van der Waals surface area contributed by atoms with Crippen LogP contribution in [0.15, 0.2) is 0 Å². The van der Waals surface area contributed by atoms with Gasteiger partial charge in [-0.1, -0.05) is 33.1 Å². The van der Waals surface area contributed by atoms with Gasteiger partial charge in [0.05, 0.1) is 11.5 Å². The molecule has 2 atom stereocenters. The Kier molecular flexibility index (Phi) is 8.11. The van der Waals surface area contributed by atoms with E-state index in [-0.39, 0.29) is 23.3 Å². The van der Waals surface area contributed by atoms with Gasteiger partial charge in [-0.25, -0.2) is 0 Å². The van der Waals surface area contributed by atoms with Crippen molar-refractivity contribution in [1.29, 1.82) is 0 Å². The normalized spacial score (nSPS) is 16.2. The van der Waals surface area contributed by atoms with Crippen LogP contribution in [-0.2, 0) is 20.2 Å². The Hall–Kier alpha value is -0.180. The zero-order valence-electron chi connectivity index (χ0n) is 11.4. The van der Waals surface area contributed by atoms with E-state index in [1.165, 1.54) is 0 Å². The van der Waals surface area contributed by atoms with Gasteiger partial charge in [0.1, 0.15) is 0 Å². The minimum absolute atomic E-state index is 0.204. The molecule has 0 aliphatic heterocycles. The monoisotopic (exact) mass is 316 g/mol. The van der Waals surface area contributed by atoms with E-state index in [1.54, 1.807) is 0 Å². The number of hydrogen-bond acceptors (Lipinski definition) is 4. The molecule has 19 heavy (non-hydrogen) atoms. The molecule has 0 aliphatic carbocycles. The fraction of sp³-hybridized carbons (Fsp3) is 1.00. The molecule has 0 rings (SSSR count). The molecule has 0 saturated heterocycles. The molecule has 0 spiro atoms. The molecule has 0 fully saturated rings. The molecule has 0 saturated carbocycles. The minimum atomic E-state index is -3.88. The third-order valence-corrected chi connectivity index (χ3v) is 4.63. The van der Waals surface area contributed by atoms with Crippen molar-refractivity contribution in [3.8, 4) is 0 Å². The first-order valence-electron chi connectivity index (χ1n) is 6.40. The van der Waals surface area contributed by atoms with Crippen LogP contribution in [0.25, 0.3) is 0 Å². The molecular weight excluding hydrogens is 292 g/mol. The Morgan fingerprint density at radius 3 is 1.32 bits per heavy atom. The first-order chi connectivity index (χ1) is 8.49. The summed E-state index contributed by atoms with van der Waals surface area (Å²) in [5, 5.41) is 0. The van der Waals surface area contributed by atoms with Gasteiger partial charge in [-0.05, 0) is 24.7 Å². The van der Waals surface area contributed by atoms with Crippen molar-refractivity contribution in [2.24, 2.45) is 11.8 Å². The van der Waals surface area contributed by atoms with E-state index in [1.807, 2.05) is 13.8 Å². The lowest BCUT2D eigenvalue weighted by atomic mass is 9.96. The molecule has 116 valence electrons. The highest BCUT2D eigenvalue weighted by molar-refractivity contribution is 7.86. The van der Waals surface area contributed by atoms with Crippen molar-refractivity contribution >= 4 is 20.2 Å². The summed E-state index contributed by atoms with van der Waals surface area (Å²) in [5.74, 6) is -0.0229. The summed E-state index contributed by atoms with van der Waals surface area (Å²) in [6, 6.07) is 0. The summed E-state index contributed by atoms with van der Waals surface area (Å²) in [7, 11) is -7.76.